The number of allylic oxidation sites excluding steroid dienone is 1. The Labute approximate surface area is 224 Å². The molecule has 2 aromatic heterocycles. The van der Waals surface area contributed by atoms with Gasteiger partial charge >= 0.3 is 6.18 Å². The number of nitrogens with zero attached hydrogens (tertiary/aromatic N) is 7. The number of hydrogen-bond acceptors (Lipinski definition) is 8. The topological polar surface area (TPSA) is 82.4 Å². The summed E-state index contributed by atoms with van der Waals surface area (Å²) in [4.78, 5) is 26.7. The van der Waals surface area contributed by atoms with E-state index in [0.29, 0.717) is 48.8 Å². The second-order valence-electron chi connectivity index (χ2n) is 9.00. The summed E-state index contributed by atoms with van der Waals surface area (Å²) in [5.74, 6) is 1.77. The molecular weight excluding hydrogens is 505 g/mol. The minimum atomic E-state index is -4.42. The molecule has 3 aromatic rings. The molecule has 0 bridgehead atoms. The molecule has 2 aliphatic heterocycles. The monoisotopic (exact) mass is 532 g/mol. The highest BCUT2D eigenvalue weighted by Crippen LogP contribution is 2.30. The lowest BCUT2D eigenvalue weighted by molar-refractivity contribution is -0.137. The number of halogens is 3. The predicted octanol–water partition coefficient (Wildman–Crippen LogP) is 5.11. The molecule has 11 heteroatoms. The second-order valence-corrected chi connectivity index (χ2v) is 9.00. The number of aliphatic imine (C=N–C) groups is 1. The summed E-state index contributed by atoms with van der Waals surface area (Å²) >= 11 is 0. The zero-order valence-electron chi connectivity index (χ0n) is 21.3. The van der Waals surface area contributed by atoms with E-state index in [-0.39, 0.29) is 0 Å². The first-order chi connectivity index (χ1) is 18.9. The van der Waals surface area contributed by atoms with E-state index in [1.54, 1.807) is 30.6 Å². The maximum Gasteiger partial charge on any atom is 0.416 e. The van der Waals surface area contributed by atoms with Crippen molar-refractivity contribution in [1.29, 1.82) is 0 Å². The summed E-state index contributed by atoms with van der Waals surface area (Å²) in [6.45, 7) is 5.43. The molecule has 5 rings (SSSR count). The van der Waals surface area contributed by atoms with Crippen molar-refractivity contribution in [3.63, 3.8) is 0 Å². The molecule has 0 atom stereocenters. The van der Waals surface area contributed by atoms with Gasteiger partial charge in [-0.25, -0.2) is 0 Å². The SMILES string of the molecule is C/C=C/C1=CC(Nc2nc(/C=C/c3cccc(C(F)(F)F)c3)nc(N3CCN(c4ccncc4)CC3)n2)=NC1. The number of aromatic nitrogens is 4. The Bertz CT molecular complexity index is 1420. The van der Waals surface area contributed by atoms with Crippen LogP contribution < -0.4 is 15.1 Å². The number of rotatable bonds is 6. The molecule has 4 heterocycles. The van der Waals surface area contributed by atoms with Gasteiger partial charge in [0.1, 0.15) is 5.84 Å². The van der Waals surface area contributed by atoms with Crippen LogP contribution in [0.4, 0.5) is 30.8 Å². The maximum atomic E-state index is 13.2. The number of pyridine rings is 1. The molecular formula is C28H27F3N8. The van der Waals surface area contributed by atoms with Crippen LogP contribution in [-0.4, -0.2) is 58.5 Å². The van der Waals surface area contributed by atoms with Crippen LogP contribution in [0.1, 0.15) is 23.9 Å². The fourth-order valence-electron chi connectivity index (χ4n) is 4.31. The standard InChI is InChI=1S/C28H27F3N8/c1-2-4-21-18-25(33-19-21)35-26-34-24(8-7-20-5-3-6-22(17-20)28(29,30)31)36-27(37-26)39-15-13-38(14-16-39)23-9-11-32-12-10-23/h2-12,17-18H,13-16,19H2,1H3,(H,33,34,35,36,37)/b4-2+,8-7+. The molecule has 0 spiro atoms. The fourth-order valence-corrected chi connectivity index (χ4v) is 4.31. The predicted molar refractivity (Wildman–Crippen MR) is 148 cm³/mol. The number of alkyl halides is 3. The summed E-state index contributed by atoms with van der Waals surface area (Å²) in [5, 5.41) is 3.16. The summed E-state index contributed by atoms with van der Waals surface area (Å²) in [7, 11) is 0. The smallest absolute Gasteiger partial charge is 0.368 e. The van der Waals surface area contributed by atoms with E-state index in [1.807, 2.05) is 37.3 Å². The molecule has 1 fully saturated rings. The van der Waals surface area contributed by atoms with Gasteiger partial charge in [0.05, 0.1) is 12.1 Å². The Hall–Kier alpha value is -4.54. The van der Waals surface area contributed by atoms with Crippen LogP contribution in [0.15, 0.2) is 77.6 Å². The van der Waals surface area contributed by atoms with Crippen LogP contribution in [0.2, 0.25) is 0 Å². The largest absolute Gasteiger partial charge is 0.416 e. The van der Waals surface area contributed by atoms with Gasteiger partial charge in [0.25, 0.3) is 0 Å². The lowest BCUT2D eigenvalue weighted by atomic mass is 10.1. The number of piperazine rings is 1. The highest BCUT2D eigenvalue weighted by atomic mass is 19.4. The second kappa shape index (κ2) is 11.5. The van der Waals surface area contributed by atoms with Crippen LogP contribution in [-0.2, 0) is 6.18 Å². The molecule has 1 N–H and O–H groups in total. The van der Waals surface area contributed by atoms with Gasteiger partial charge in [0, 0.05) is 44.3 Å². The van der Waals surface area contributed by atoms with Crippen LogP contribution >= 0.6 is 0 Å². The number of anilines is 3. The molecule has 0 radical (unpaired) electrons. The Balaban J connectivity index is 1.39. The van der Waals surface area contributed by atoms with Gasteiger partial charge in [-0.2, -0.15) is 28.1 Å². The van der Waals surface area contributed by atoms with E-state index in [1.165, 1.54) is 6.07 Å². The number of benzene rings is 1. The van der Waals surface area contributed by atoms with Crippen molar-refractivity contribution < 1.29 is 13.2 Å². The quantitative estimate of drug-likeness (QED) is 0.473. The van der Waals surface area contributed by atoms with E-state index in [2.05, 4.69) is 40.0 Å². The van der Waals surface area contributed by atoms with Crippen LogP contribution in [0.3, 0.4) is 0 Å². The lowest BCUT2D eigenvalue weighted by Crippen LogP contribution is -2.47. The van der Waals surface area contributed by atoms with Crippen molar-refractivity contribution in [2.24, 2.45) is 4.99 Å². The fraction of sp³-hybridized carbons (Fsp3) is 0.250. The first-order valence-electron chi connectivity index (χ1n) is 12.5. The third kappa shape index (κ3) is 6.67. The first-order valence-corrected chi connectivity index (χ1v) is 12.5. The van der Waals surface area contributed by atoms with Gasteiger partial charge in [0.15, 0.2) is 5.82 Å². The van der Waals surface area contributed by atoms with E-state index >= 15 is 0 Å². The molecule has 1 saturated heterocycles. The van der Waals surface area contributed by atoms with E-state index in [4.69, 9.17) is 0 Å². The summed E-state index contributed by atoms with van der Waals surface area (Å²) in [6, 6.07) is 9.08. The zero-order chi connectivity index (χ0) is 27.2. The third-order valence-corrected chi connectivity index (χ3v) is 6.24. The van der Waals surface area contributed by atoms with E-state index < -0.39 is 11.7 Å². The van der Waals surface area contributed by atoms with Crippen molar-refractivity contribution in [1.82, 2.24) is 19.9 Å². The van der Waals surface area contributed by atoms with Gasteiger partial charge in [-0.05, 0) is 54.5 Å². The summed E-state index contributed by atoms with van der Waals surface area (Å²) in [5.41, 5.74) is 1.85. The van der Waals surface area contributed by atoms with Crippen molar-refractivity contribution in [3.8, 4) is 0 Å². The van der Waals surface area contributed by atoms with Gasteiger partial charge in [0.2, 0.25) is 11.9 Å². The number of nitrogens with one attached hydrogen (secondary N) is 1. The highest BCUT2D eigenvalue weighted by Gasteiger charge is 2.30. The van der Waals surface area contributed by atoms with Crippen molar-refractivity contribution in [2.75, 3.05) is 47.8 Å². The average Bonchev–Trinajstić information content (AvgIpc) is 3.39. The summed E-state index contributed by atoms with van der Waals surface area (Å²) < 4.78 is 39.5. The van der Waals surface area contributed by atoms with Gasteiger partial charge < -0.3 is 15.1 Å². The van der Waals surface area contributed by atoms with Crippen molar-refractivity contribution >= 4 is 35.6 Å². The van der Waals surface area contributed by atoms with Crippen LogP contribution in [0.5, 0.6) is 0 Å². The molecule has 0 saturated carbocycles. The van der Waals surface area contributed by atoms with E-state index in [9.17, 15) is 13.2 Å². The average molecular weight is 533 g/mol. The molecule has 0 unspecified atom stereocenters. The molecule has 8 nitrogen and oxygen atoms in total. The summed E-state index contributed by atoms with van der Waals surface area (Å²) in [6.07, 6.45) is 8.16. The van der Waals surface area contributed by atoms with Gasteiger partial charge in [-0.15, -0.1) is 0 Å². The van der Waals surface area contributed by atoms with Crippen LogP contribution in [0, 0.1) is 0 Å². The Morgan fingerprint density at radius 3 is 2.41 bits per heavy atom. The first kappa shape index (κ1) is 26.1. The molecule has 200 valence electrons. The Morgan fingerprint density at radius 2 is 1.67 bits per heavy atom. The number of amidine groups is 1. The molecule has 2 aliphatic rings. The highest BCUT2D eigenvalue weighted by molar-refractivity contribution is 6.05. The molecule has 39 heavy (non-hydrogen) atoms. The molecule has 0 amide bonds. The minimum Gasteiger partial charge on any atom is -0.368 e. The Kier molecular flexibility index (Phi) is 7.67. The van der Waals surface area contributed by atoms with Crippen molar-refractivity contribution in [2.45, 2.75) is 13.1 Å². The maximum absolute atomic E-state index is 13.2. The zero-order valence-corrected chi connectivity index (χ0v) is 21.3. The Morgan fingerprint density at radius 1 is 0.897 bits per heavy atom. The van der Waals surface area contributed by atoms with Gasteiger partial charge in [-0.1, -0.05) is 30.4 Å². The molecule has 0 aliphatic carbocycles. The van der Waals surface area contributed by atoms with Crippen molar-refractivity contribution in [3.05, 3.63) is 89.5 Å². The van der Waals surface area contributed by atoms with Gasteiger partial charge in [-0.3, -0.25) is 9.98 Å². The van der Waals surface area contributed by atoms with Crippen LogP contribution in [0.25, 0.3) is 12.2 Å². The lowest BCUT2D eigenvalue weighted by Gasteiger charge is -2.36. The molecule has 1 aromatic carbocycles. The normalized spacial score (nSPS) is 16.2. The minimum absolute atomic E-state index is 0.317. The van der Waals surface area contributed by atoms with E-state index in [0.717, 1.165) is 36.5 Å². The number of hydrogen-bond donors (Lipinski definition) is 1. The third-order valence-electron chi connectivity index (χ3n) is 6.24.